The van der Waals surface area contributed by atoms with Gasteiger partial charge >= 0.3 is 0 Å². The molecule has 0 saturated carbocycles. The van der Waals surface area contributed by atoms with Crippen LogP contribution in [0.4, 0.5) is 0 Å². The lowest BCUT2D eigenvalue weighted by molar-refractivity contribution is -0.0176. The molecule has 0 aromatic heterocycles. The van der Waals surface area contributed by atoms with Gasteiger partial charge in [0.25, 0.3) is 0 Å². The van der Waals surface area contributed by atoms with Crippen LogP contribution in [0.15, 0.2) is 47.6 Å². The van der Waals surface area contributed by atoms with Crippen molar-refractivity contribution in [3.05, 3.63) is 53.2 Å². The molecule has 1 aromatic rings. The molecular formula is C18H24O4. The first-order valence-electron chi connectivity index (χ1n) is 7.22. The van der Waals surface area contributed by atoms with Gasteiger partial charge in [-0.3, -0.25) is 0 Å². The van der Waals surface area contributed by atoms with E-state index in [1.54, 1.807) is 28.4 Å². The average Bonchev–Trinajstić information content (AvgIpc) is 2.53. The molecule has 0 amide bonds. The maximum Gasteiger partial charge on any atom is 0.170 e. The van der Waals surface area contributed by atoms with Gasteiger partial charge in [-0.05, 0) is 19.4 Å². The second kappa shape index (κ2) is 6.44. The van der Waals surface area contributed by atoms with Crippen molar-refractivity contribution >= 4 is 5.57 Å². The highest BCUT2D eigenvalue weighted by Crippen LogP contribution is 2.48. The summed E-state index contributed by atoms with van der Waals surface area (Å²) in [4.78, 5) is 0. The molecule has 1 aliphatic rings. The standard InChI is InChI=1S/C18H24O4/c1-18(2)16(21-5)13(12-10-8-7-9-11-12)14(19-3)15(20-4)17(18)22-6/h7-11,17H,1-6H3. The summed E-state index contributed by atoms with van der Waals surface area (Å²) in [6.07, 6.45) is -0.283. The number of rotatable bonds is 5. The molecule has 0 bridgehead atoms. The molecule has 0 heterocycles. The number of methoxy groups -OCH3 is 4. The molecule has 0 radical (unpaired) electrons. The fourth-order valence-electron chi connectivity index (χ4n) is 3.15. The second-order valence-electron chi connectivity index (χ2n) is 5.71. The Bertz CT molecular complexity index is 584. The SMILES string of the molecule is COC1=C(OC)C(OC)C(C)(C)C(OC)=C1c1ccccc1. The van der Waals surface area contributed by atoms with E-state index in [1.807, 2.05) is 30.3 Å². The van der Waals surface area contributed by atoms with Crippen molar-refractivity contribution in [1.29, 1.82) is 0 Å². The second-order valence-corrected chi connectivity index (χ2v) is 5.71. The Hall–Kier alpha value is -1.94. The summed E-state index contributed by atoms with van der Waals surface area (Å²) in [5.41, 5.74) is 1.54. The van der Waals surface area contributed by atoms with Gasteiger partial charge in [-0.25, -0.2) is 0 Å². The Labute approximate surface area is 132 Å². The fourth-order valence-corrected chi connectivity index (χ4v) is 3.15. The van der Waals surface area contributed by atoms with Gasteiger partial charge in [0.1, 0.15) is 11.9 Å². The predicted molar refractivity (Wildman–Crippen MR) is 86.0 cm³/mol. The van der Waals surface area contributed by atoms with Gasteiger partial charge < -0.3 is 18.9 Å². The lowest BCUT2D eigenvalue weighted by atomic mass is 9.75. The van der Waals surface area contributed by atoms with Crippen LogP contribution in [0.1, 0.15) is 19.4 Å². The van der Waals surface area contributed by atoms with Crippen molar-refractivity contribution in [2.45, 2.75) is 20.0 Å². The highest BCUT2D eigenvalue weighted by Gasteiger charge is 2.46. The third kappa shape index (κ3) is 2.48. The molecule has 1 unspecified atom stereocenters. The first kappa shape index (κ1) is 16.4. The Morgan fingerprint density at radius 1 is 0.864 bits per heavy atom. The van der Waals surface area contributed by atoms with Crippen molar-refractivity contribution in [3.8, 4) is 0 Å². The summed E-state index contributed by atoms with van der Waals surface area (Å²) < 4.78 is 22.7. The van der Waals surface area contributed by atoms with Gasteiger partial charge in [0.05, 0.1) is 32.3 Å². The molecule has 0 aliphatic heterocycles. The van der Waals surface area contributed by atoms with E-state index in [-0.39, 0.29) is 11.5 Å². The molecule has 0 fully saturated rings. The Morgan fingerprint density at radius 2 is 1.50 bits per heavy atom. The van der Waals surface area contributed by atoms with Crippen LogP contribution in [-0.4, -0.2) is 34.5 Å². The molecule has 1 aliphatic carbocycles. The first-order chi connectivity index (χ1) is 10.5. The summed E-state index contributed by atoms with van der Waals surface area (Å²) in [6.45, 7) is 4.16. The molecule has 4 heteroatoms. The van der Waals surface area contributed by atoms with E-state index in [4.69, 9.17) is 18.9 Å². The molecule has 0 spiro atoms. The summed E-state index contributed by atoms with van der Waals surface area (Å²) in [5.74, 6) is 2.15. The highest BCUT2D eigenvalue weighted by molar-refractivity contribution is 5.81. The van der Waals surface area contributed by atoms with Crippen molar-refractivity contribution in [3.63, 3.8) is 0 Å². The minimum atomic E-state index is -0.387. The summed E-state index contributed by atoms with van der Waals surface area (Å²) >= 11 is 0. The maximum absolute atomic E-state index is 5.76. The van der Waals surface area contributed by atoms with E-state index >= 15 is 0 Å². The van der Waals surface area contributed by atoms with Gasteiger partial charge in [-0.2, -0.15) is 0 Å². The quantitative estimate of drug-likeness (QED) is 0.833. The van der Waals surface area contributed by atoms with E-state index in [1.165, 1.54) is 0 Å². The van der Waals surface area contributed by atoms with E-state index in [9.17, 15) is 0 Å². The monoisotopic (exact) mass is 304 g/mol. The maximum atomic E-state index is 5.76. The molecule has 4 nitrogen and oxygen atoms in total. The zero-order chi connectivity index (χ0) is 16.3. The first-order valence-corrected chi connectivity index (χ1v) is 7.22. The lowest BCUT2D eigenvalue weighted by Crippen LogP contribution is -2.40. The van der Waals surface area contributed by atoms with E-state index in [0.29, 0.717) is 11.5 Å². The third-order valence-electron chi connectivity index (χ3n) is 4.08. The Kier molecular flexibility index (Phi) is 4.81. The predicted octanol–water partition coefficient (Wildman–Crippen LogP) is 3.60. The van der Waals surface area contributed by atoms with Crippen LogP contribution in [0.5, 0.6) is 0 Å². The fraction of sp³-hybridized carbons (Fsp3) is 0.444. The normalized spacial score (nSPS) is 20.9. The van der Waals surface area contributed by atoms with Crippen molar-refractivity contribution in [1.82, 2.24) is 0 Å². The van der Waals surface area contributed by atoms with E-state index in [2.05, 4.69) is 13.8 Å². The molecule has 1 aromatic carbocycles. The largest absolute Gasteiger partial charge is 0.500 e. The van der Waals surface area contributed by atoms with Crippen LogP contribution in [-0.2, 0) is 18.9 Å². The van der Waals surface area contributed by atoms with Crippen LogP contribution in [0.25, 0.3) is 5.57 Å². The molecule has 0 N–H and O–H groups in total. The van der Waals surface area contributed by atoms with Gasteiger partial charge in [0.2, 0.25) is 0 Å². The van der Waals surface area contributed by atoms with Crippen molar-refractivity contribution in [2.75, 3.05) is 28.4 Å². The third-order valence-corrected chi connectivity index (χ3v) is 4.08. The topological polar surface area (TPSA) is 36.9 Å². The van der Waals surface area contributed by atoms with Gasteiger partial charge in [0, 0.05) is 7.11 Å². The van der Waals surface area contributed by atoms with Crippen LogP contribution >= 0.6 is 0 Å². The van der Waals surface area contributed by atoms with E-state index in [0.717, 1.165) is 16.9 Å². The summed E-state index contributed by atoms with van der Waals surface area (Å²) in [7, 11) is 6.61. The van der Waals surface area contributed by atoms with Crippen LogP contribution in [0, 0.1) is 5.41 Å². The summed E-state index contributed by atoms with van der Waals surface area (Å²) in [6, 6.07) is 10.0. The van der Waals surface area contributed by atoms with Crippen molar-refractivity contribution < 1.29 is 18.9 Å². The lowest BCUT2D eigenvalue weighted by Gasteiger charge is -2.40. The molecule has 22 heavy (non-hydrogen) atoms. The van der Waals surface area contributed by atoms with Gasteiger partial charge in [0.15, 0.2) is 11.5 Å². The highest BCUT2D eigenvalue weighted by atomic mass is 16.5. The number of ether oxygens (including phenoxy) is 4. The smallest absolute Gasteiger partial charge is 0.170 e. The van der Waals surface area contributed by atoms with Gasteiger partial charge in [-0.15, -0.1) is 0 Å². The molecule has 0 saturated heterocycles. The van der Waals surface area contributed by atoms with E-state index < -0.39 is 0 Å². The number of hydrogen-bond donors (Lipinski definition) is 0. The summed E-state index contributed by atoms with van der Waals surface area (Å²) in [5, 5.41) is 0. The minimum Gasteiger partial charge on any atom is -0.500 e. The Morgan fingerprint density at radius 3 is 1.95 bits per heavy atom. The molecule has 120 valence electrons. The average molecular weight is 304 g/mol. The van der Waals surface area contributed by atoms with Crippen LogP contribution in [0.3, 0.4) is 0 Å². The zero-order valence-corrected chi connectivity index (χ0v) is 14.1. The molecule has 2 rings (SSSR count). The van der Waals surface area contributed by atoms with Gasteiger partial charge in [-0.1, -0.05) is 30.3 Å². The van der Waals surface area contributed by atoms with Crippen LogP contribution in [0.2, 0.25) is 0 Å². The van der Waals surface area contributed by atoms with Crippen molar-refractivity contribution in [2.24, 2.45) is 5.41 Å². The Balaban J connectivity index is 2.78. The number of benzene rings is 1. The minimum absolute atomic E-state index is 0.283. The number of allylic oxidation sites excluding steroid dienone is 1. The molecular weight excluding hydrogens is 280 g/mol. The molecule has 1 atom stereocenters. The van der Waals surface area contributed by atoms with Crippen LogP contribution < -0.4 is 0 Å². The number of hydrogen-bond acceptors (Lipinski definition) is 4. The zero-order valence-electron chi connectivity index (χ0n) is 14.1.